The van der Waals surface area contributed by atoms with E-state index in [-0.39, 0.29) is 24.3 Å². The predicted octanol–water partition coefficient (Wildman–Crippen LogP) is 0.493. The Kier molecular flexibility index (Phi) is 6.11. The van der Waals surface area contributed by atoms with Gasteiger partial charge < -0.3 is 15.5 Å². The maximum absolute atomic E-state index is 12.3. The summed E-state index contributed by atoms with van der Waals surface area (Å²) in [6, 6.07) is 6.96. The number of carbonyl (C=O) groups is 3. The summed E-state index contributed by atoms with van der Waals surface area (Å²) < 4.78 is 0. The van der Waals surface area contributed by atoms with Crippen LogP contribution in [-0.2, 0) is 9.59 Å². The number of carbonyl (C=O) groups excluding carboxylic acids is 3. The van der Waals surface area contributed by atoms with Gasteiger partial charge in [-0.05, 0) is 31.0 Å². The fraction of sp³-hybridized carbons (Fsp3) is 0.500. The first-order valence-corrected chi connectivity index (χ1v) is 9.22. The van der Waals surface area contributed by atoms with E-state index < -0.39 is 0 Å². The molecule has 2 N–H and O–H groups in total. The van der Waals surface area contributed by atoms with E-state index in [2.05, 4.69) is 10.6 Å². The zero-order chi connectivity index (χ0) is 18.5. The number of nitrogens with zero attached hydrogens (tertiary/aromatic N) is 2. The van der Waals surface area contributed by atoms with Crippen LogP contribution in [0.25, 0.3) is 0 Å². The molecule has 3 rings (SSSR count). The van der Waals surface area contributed by atoms with Crippen LogP contribution in [0, 0.1) is 0 Å². The van der Waals surface area contributed by atoms with E-state index in [0.717, 1.165) is 12.8 Å². The maximum atomic E-state index is 12.3. The number of amides is 3. The Morgan fingerprint density at radius 3 is 2.50 bits per heavy atom. The zero-order valence-electron chi connectivity index (χ0n) is 14.5. The second-order valence-corrected chi connectivity index (χ2v) is 7.13. The van der Waals surface area contributed by atoms with Crippen molar-refractivity contribution in [3.05, 3.63) is 34.9 Å². The molecule has 1 aromatic carbocycles. The van der Waals surface area contributed by atoms with Gasteiger partial charge in [-0.15, -0.1) is 0 Å². The highest BCUT2D eigenvalue weighted by Gasteiger charge is 2.26. The van der Waals surface area contributed by atoms with Crippen LogP contribution < -0.4 is 10.6 Å². The third-order valence-electron chi connectivity index (χ3n) is 4.52. The average molecular weight is 379 g/mol. The van der Waals surface area contributed by atoms with Crippen LogP contribution in [0.3, 0.4) is 0 Å². The van der Waals surface area contributed by atoms with Crippen LogP contribution in [0.2, 0.25) is 5.02 Å². The van der Waals surface area contributed by atoms with Crippen molar-refractivity contribution in [2.75, 3.05) is 39.3 Å². The van der Waals surface area contributed by atoms with Gasteiger partial charge in [0.05, 0.1) is 13.1 Å². The SMILES string of the molecule is O=C(CN1CCN(C(=O)CNC(=O)c2cccc(Cl)c2)CC1)NC1CC1. The van der Waals surface area contributed by atoms with Gasteiger partial charge in [-0.3, -0.25) is 19.3 Å². The van der Waals surface area contributed by atoms with Crippen LogP contribution in [-0.4, -0.2) is 72.8 Å². The lowest BCUT2D eigenvalue weighted by molar-refractivity contribution is -0.132. The number of nitrogens with one attached hydrogen (secondary N) is 2. The molecular weight excluding hydrogens is 356 g/mol. The van der Waals surface area contributed by atoms with E-state index in [1.807, 2.05) is 4.90 Å². The summed E-state index contributed by atoms with van der Waals surface area (Å²) in [5, 5.41) is 6.08. The van der Waals surface area contributed by atoms with E-state index in [1.165, 1.54) is 0 Å². The Morgan fingerprint density at radius 2 is 1.85 bits per heavy atom. The molecule has 3 amide bonds. The highest BCUT2D eigenvalue weighted by molar-refractivity contribution is 6.30. The number of halogens is 1. The van der Waals surface area contributed by atoms with Crippen molar-refractivity contribution < 1.29 is 14.4 Å². The Hall–Kier alpha value is -2.12. The van der Waals surface area contributed by atoms with Crippen molar-refractivity contribution in [2.24, 2.45) is 0 Å². The monoisotopic (exact) mass is 378 g/mol. The summed E-state index contributed by atoms with van der Waals surface area (Å²) in [5.41, 5.74) is 0.428. The molecule has 1 aliphatic heterocycles. The molecule has 1 saturated carbocycles. The third-order valence-corrected chi connectivity index (χ3v) is 4.76. The molecule has 0 unspecified atom stereocenters. The molecule has 1 saturated heterocycles. The van der Waals surface area contributed by atoms with Crippen molar-refractivity contribution in [3.8, 4) is 0 Å². The number of piperazine rings is 1. The minimum atomic E-state index is -0.323. The lowest BCUT2D eigenvalue weighted by Crippen LogP contribution is -2.53. The second kappa shape index (κ2) is 8.51. The maximum Gasteiger partial charge on any atom is 0.251 e. The lowest BCUT2D eigenvalue weighted by atomic mass is 10.2. The van der Waals surface area contributed by atoms with Crippen LogP contribution in [0.1, 0.15) is 23.2 Å². The van der Waals surface area contributed by atoms with Crippen LogP contribution >= 0.6 is 11.6 Å². The van der Waals surface area contributed by atoms with Crippen LogP contribution in [0.4, 0.5) is 0 Å². The summed E-state index contributed by atoms with van der Waals surface area (Å²) in [6.07, 6.45) is 2.16. The summed E-state index contributed by atoms with van der Waals surface area (Å²) in [5.74, 6) is -0.389. The Labute approximate surface area is 157 Å². The Morgan fingerprint density at radius 1 is 1.12 bits per heavy atom. The largest absolute Gasteiger partial charge is 0.352 e. The molecule has 0 spiro atoms. The first-order chi connectivity index (χ1) is 12.5. The molecular formula is C18H23ClN4O3. The molecule has 140 valence electrons. The fourth-order valence-electron chi connectivity index (χ4n) is 2.86. The van der Waals surface area contributed by atoms with Gasteiger partial charge in [-0.2, -0.15) is 0 Å². The minimum Gasteiger partial charge on any atom is -0.352 e. The van der Waals surface area contributed by atoms with Crippen LogP contribution in [0.5, 0.6) is 0 Å². The first-order valence-electron chi connectivity index (χ1n) is 8.84. The molecule has 1 aromatic rings. The molecule has 8 heteroatoms. The van der Waals surface area contributed by atoms with Crippen molar-refractivity contribution in [1.29, 1.82) is 0 Å². The van der Waals surface area contributed by atoms with Gasteiger partial charge in [0.2, 0.25) is 11.8 Å². The Balaban J connectivity index is 1.38. The normalized spacial score (nSPS) is 17.7. The highest BCUT2D eigenvalue weighted by atomic mass is 35.5. The molecule has 0 bridgehead atoms. The smallest absolute Gasteiger partial charge is 0.251 e. The minimum absolute atomic E-state index is 0.0481. The molecule has 2 fully saturated rings. The summed E-state index contributed by atoms with van der Waals surface area (Å²) in [4.78, 5) is 39.9. The Bertz CT molecular complexity index is 685. The molecule has 1 aliphatic carbocycles. The molecule has 26 heavy (non-hydrogen) atoms. The van der Waals surface area contributed by atoms with Crippen molar-refractivity contribution in [1.82, 2.24) is 20.4 Å². The third kappa shape index (κ3) is 5.44. The topological polar surface area (TPSA) is 81.8 Å². The average Bonchev–Trinajstić information content (AvgIpc) is 3.43. The van der Waals surface area contributed by atoms with Crippen molar-refractivity contribution >= 4 is 29.3 Å². The lowest BCUT2D eigenvalue weighted by Gasteiger charge is -2.34. The van der Waals surface area contributed by atoms with Crippen molar-refractivity contribution in [2.45, 2.75) is 18.9 Å². The van der Waals surface area contributed by atoms with Crippen molar-refractivity contribution in [3.63, 3.8) is 0 Å². The van der Waals surface area contributed by atoms with Gasteiger partial charge in [0.1, 0.15) is 0 Å². The molecule has 0 atom stereocenters. The van der Waals surface area contributed by atoms with E-state index >= 15 is 0 Å². The molecule has 0 aromatic heterocycles. The number of benzene rings is 1. The summed E-state index contributed by atoms with van der Waals surface area (Å²) in [7, 11) is 0. The molecule has 1 heterocycles. The molecule has 0 radical (unpaired) electrons. The van der Waals surface area contributed by atoms with E-state index in [9.17, 15) is 14.4 Å². The molecule has 7 nitrogen and oxygen atoms in total. The first kappa shape index (κ1) is 18.7. The second-order valence-electron chi connectivity index (χ2n) is 6.69. The van der Waals surface area contributed by atoms with E-state index in [4.69, 9.17) is 11.6 Å². The fourth-order valence-corrected chi connectivity index (χ4v) is 3.05. The quantitative estimate of drug-likeness (QED) is 0.755. The number of rotatable bonds is 6. The number of hydrogen-bond donors (Lipinski definition) is 2. The highest BCUT2D eigenvalue weighted by Crippen LogP contribution is 2.18. The summed E-state index contributed by atoms with van der Waals surface area (Å²) in [6.45, 7) is 2.76. The van der Waals surface area contributed by atoms with E-state index in [0.29, 0.717) is 49.4 Å². The van der Waals surface area contributed by atoms with Gasteiger partial charge in [0.25, 0.3) is 5.91 Å². The molecule has 2 aliphatic rings. The van der Waals surface area contributed by atoms with E-state index in [1.54, 1.807) is 29.2 Å². The van der Waals surface area contributed by atoms with Gasteiger partial charge in [-0.1, -0.05) is 17.7 Å². The van der Waals surface area contributed by atoms with Gasteiger partial charge in [0, 0.05) is 42.8 Å². The predicted molar refractivity (Wildman–Crippen MR) is 98.0 cm³/mol. The summed E-state index contributed by atoms with van der Waals surface area (Å²) >= 11 is 5.87. The standard InChI is InChI=1S/C18H23ClN4O3/c19-14-3-1-2-13(10-14)18(26)20-11-17(25)23-8-6-22(7-9-23)12-16(24)21-15-4-5-15/h1-3,10,15H,4-9,11-12H2,(H,20,26)(H,21,24). The van der Waals surface area contributed by atoms with Gasteiger partial charge in [0.15, 0.2) is 0 Å². The number of hydrogen-bond acceptors (Lipinski definition) is 4. The van der Waals surface area contributed by atoms with Gasteiger partial charge >= 0.3 is 0 Å². The van der Waals surface area contributed by atoms with Gasteiger partial charge in [-0.25, -0.2) is 0 Å². The zero-order valence-corrected chi connectivity index (χ0v) is 15.3. The van der Waals surface area contributed by atoms with Crippen LogP contribution in [0.15, 0.2) is 24.3 Å².